The summed E-state index contributed by atoms with van der Waals surface area (Å²) in [6, 6.07) is 0. The summed E-state index contributed by atoms with van der Waals surface area (Å²) < 4.78 is 29.7. The minimum Gasteiger partial charge on any atom is -0.377 e. The largest absolute Gasteiger partial charge is 0.377 e. The molecule has 1 saturated heterocycles. The highest BCUT2D eigenvalue weighted by atomic mass is 16.6. The van der Waals surface area contributed by atoms with E-state index in [-0.39, 0.29) is 24.4 Å². The maximum absolute atomic E-state index is 6.07. The fraction of sp³-hybridized carbons (Fsp3) is 1.00. The molecule has 4 unspecified atom stereocenters. The minimum absolute atomic E-state index is 0.218. The van der Waals surface area contributed by atoms with Crippen molar-refractivity contribution in [2.45, 2.75) is 75.8 Å². The Morgan fingerprint density at radius 3 is 1.04 bits per heavy atom. The van der Waals surface area contributed by atoms with E-state index in [1.807, 2.05) is 0 Å². The molecule has 2 saturated carbocycles. The van der Waals surface area contributed by atoms with Gasteiger partial charge in [-0.05, 0) is 25.7 Å². The highest BCUT2D eigenvalue weighted by Gasteiger charge is 2.28. The van der Waals surface area contributed by atoms with E-state index in [2.05, 4.69) is 0 Å². The Balaban J connectivity index is 1.51. The van der Waals surface area contributed by atoms with Gasteiger partial charge in [-0.25, -0.2) is 0 Å². The fourth-order valence-corrected chi connectivity index (χ4v) is 3.91. The van der Waals surface area contributed by atoms with Crippen LogP contribution >= 0.6 is 0 Å². The molecule has 2 aliphatic carbocycles. The summed E-state index contributed by atoms with van der Waals surface area (Å²) in [5.41, 5.74) is 0. The van der Waals surface area contributed by atoms with Gasteiger partial charge in [0.1, 0.15) is 0 Å². The number of rotatable bonds is 0. The molecule has 3 aliphatic rings. The lowest BCUT2D eigenvalue weighted by atomic mass is 9.94. The molecule has 0 bridgehead atoms. The zero-order valence-electron chi connectivity index (χ0n) is 14.3. The predicted octanol–water partition coefficient (Wildman–Crippen LogP) is 2.71. The smallest absolute Gasteiger partial charge is 0.0837 e. The van der Waals surface area contributed by atoms with Crippen molar-refractivity contribution in [1.29, 1.82) is 0 Å². The van der Waals surface area contributed by atoms with E-state index in [9.17, 15) is 0 Å². The first-order valence-corrected chi connectivity index (χ1v) is 9.47. The van der Waals surface area contributed by atoms with Crippen LogP contribution < -0.4 is 0 Å². The van der Waals surface area contributed by atoms with Gasteiger partial charge in [0.15, 0.2) is 0 Å². The molecule has 4 atom stereocenters. The van der Waals surface area contributed by atoms with Crippen molar-refractivity contribution in [1.82, 2.24) is 0 Å². The first-order valence-electron chi connectivity index (χ1n) is 9.47. The Hall–Kier alpha value is -0.200. The second-order valence-electron chi connectivity index (χ2n) is 6.82. The van der Waals surface area contributed by atoms with Gasteiger partial charge in [0, 0.05) is 0 Å². The molecule has 134 valence electrons. The third kappa shape index (κ3) is 5.68. The minimum atomic E-state index is 0.218. The maximum Gasteiger partial charge on any atom is 0.0837 e. The fourth-order valence-electron chi connectivity index (χ4n) is 3.91. The Bertz CT molecular complexity index is 295. The Morgan fingerprint density at radius 2 is 0.696 bits per heavy atom. The Morgan fingerprint density at radius 1 is 0.391 bits per heavy atom. The van der Waals surface area contributed by atoms with Crippen LogP contribution in [-0.2, 0) is 23.7 Å². The second kappa shape index (κ2) is 9.94. The summed E-state index contributed by atoms with van der Waals surface area (Å²) in [5.74, 6) is 0. The van der Waals surface area contributed by atoms with Gasteiger partial charge in [0.2, 0.25) is 0 Å². The van der Waals surface area contributed by atoms with Crippen LogP contribution in [0.3, 0.4) is 0 Å². The van der Waals surface area contributed by atoms with E-state index < -0.39 is 0 Å². The van der Waals surface area contributed by atoms with Crippen LogP contribution in [0.25, 0.3) is 0 Å². The van der Waals surface area contributed by atoms with E-state index in [0.717, 1.165) is 25.7 Å². The molecule has 0 amide bonds. The zero-order chi connectivity index (χ0) is 15.7. The standard InChI is InChI=1S/C18H32O5/c1-3-7-17-15(5-1)20-11-9-19-10-12-21-16-6-2-4-8-18(16)23-14-13-22-17/h15-18H,1-14H2. The number of hydrogen-bond acceptors (Lipinski definition) is 5. The summed E-state index contributed by atoms with van der Waals surface area (Å²) in [4.78, 5) is 0. The average Bonchev–Trinajstić information content (AvgIpc) is 2.60. The van der Waals surface area contributed by atoms with Crippen molar-refractivity contribution < 1.29 is 23.7 Å². The summed E-state index contributed by atoms with van der Waals surface area (Å²) >= 11 is 0. The molecule has 1 aliphatic heterocycles. The van der Waals surface area contributed by atoms with E-state index >= 15 is 0 Å². The van der Waals surface area contributed by atoms with Gasteiger partial charge < -0.3 is 23.7 Å². The molecule has 5 nitrogen and oxygen atoms in total. The van der Waals surface area contributed by atoms with Gasteiger partial charge in [-0.1, -0.05) is 25.7 Å². The zero-order valence-corrected chi connectivity index (χ0v) is 14.3. The van der Waals surface area contributed by atoms with Crippen LogP contribution in [0, 0.1) is 0 Å². The molecule has 3 rings (SSSR count). The first kappa shape index (κ1) is 17.6. The summed E-state index contributed by atoms with van der Waals surface area (Å²) in [7, 11) is 0. The van der Waals surface area contributed by atoms with Crippen molar-refractivity contribution in [2.75, 3.05) is 39.6 Å². The molecule has 1 heterocycles. The van der Waals surface area contributed by atoms with Crippen LogP contribution in [0.2, 0.25) is 0 Å². The van der Waals surface area contributed by atoms with Crippen molar-refractivity contribution >= 4 is 0 Å². The Labute approximate surface area is 139 Å². The van der Waals surface area contributed by atoms with Gasteiger partial charge in [-0.15, -0.1) is 0 Å². The lowest BCUT2D eigenvalue weighted by Crippen LogP contribution is -2.38. The molecule has 0 spiro atoms. The third-order valence-electron chi connectivity index (χ3n) is 5.15. The summed E-state index contributed by atoms with van der Waals surface area (Å²) in [5, 5.41) is 0. The first-order chi connectivity index (χ1) is 11.4. The third-order valence-corrected chi connectivity index (χ3v) is 5.15. The molecule has 5 heteroatoms. The highest BCUT2D eigenvalue weighted by Crippen LogP contribution is 2.25. The van der Waals surface area contributed by atoms with Crippen LogP contribution in [0.15, 0.2) is 0 Å². The van der Waals surface area contributed by atoms with E-state index in [0.29, 0.717) is 39.6 Å². The van der Waals surface area contributed by atoms with Crippen molar-refractivity contribution in [3.8, 4) is 0 Å². The molecule has 0 aromatic rings. The van der Waals surface area contributed by atoms with Gasteiger partial charge in [0.05, 0.1) is 64.1 Å². The Kier molecular flexibility index (Phi) is 7.62. The molecular formula is C18H32O5. The number of hydrogen-bond donors (Lipinski definition) is 0. The highest BCUT2D eigenvalue weighted by molar-refractivity contribution is 4.78. The summed E-state index contributed by atoms with van der Waals surface area (Å²) in [6.45, 7) is 3.88. The monoisotopic (exact) mass is 328 g/mol. The maximum atomic E-state index is 6.07. The summed E-state index contributed by atoms with van der Waals surface area (Å²) in [6.07, 6.45) is 10.2. The molecule has 3 fully saturated rings. The van der Waals surface area contributed by atoms with Crippen LogP contribution in [0.1, 0.15) is 51.4 Å². The average molecular weight is 328 g/mol. The quantitative estimate of drug-likeness (QED) is 0.684. The van der Waals surface area contributed by atoms with Gasteiger partial charge in [0.25, 0.3) is 0 Å². The van der Waals surface area contributed by atoms with E-state index in [4.69, 9.17) is 23.7 Å². The van der Waals surface area contributed by atoms with Gasteiger partial charge >= 0.3 is 0 Å². The van der Waals surface area contributed by atoms with Crippen LogP contribution in [0.5, 0.6) is 0 Å². The van der Waals surface area contributed by atoms with Crippen LogP contribution in [-0.4, -0.2) is 64.1 Å². The number of ether oxygens (including phenoxy) is 5. The molecule has 0 aromatic carbocycles. The van der Waals surface area contributed by atoms with Crippen molar-refractivity contribution in [3.63, 3.8) is 0 Å². The van der Waals surface area contributed by atoms with Crippen LogP contribution in [0.4, 0.5) is 0 Å². The lowest BCUT2D eigenvalue weighted by Gasteiger charge is -2.32. The second-order valence-corrected chi connectivity index (χ2v) is 6.82. The normalized spacial score (nSPS) is 38.6. The van der Waals surface area contributed by atoms with E-state index in [1.165, 1.54) is 25.7 Å². The molecule has 0 N–H and O–H groups in total. The van der Waals surface area contributed by atoms with E-state index in [1.54, 1.807) is 0 Å². The molecule has 23 heavy (non-hydrogen) atoms. The lowest BCUT2D eigenvalue weighted by molar-refractivity contribution is -0.124. The van der Waals surface area contributed by atoms with Crippen molar-refractivity contribution in [2.24, 2.45) is 0 Å². The molecule has 0 radical (unpaired) electrons. The molecule has 0 aromatic heterocycles. The van der Waals surface area contributed by atoms with Gasteiger partial charge in [-0.3, -0.25) is 0 Å². The topological polar surface area (TPSA) is 46.2 Å². The predicted molar refractivity (Wildman–Crippen MR) is 86.7 cm³/mol. The number of fused-ring (bicyclic) bond motifs is 2. The van der Waals surface area contributed by atoms with Gasteiger partial charge in [-0.2, -0.15) is 0 Å². The molecular weight excluding hydrogens is 296 g/mol. The SMILES string of the molecule is C1CCC2OCCOC3CCCCC3OCCOCCOC2C1. The van der Waals surface area contributed by atoms with Crippen molar-refractivity contribution in [3.05, 3.63) is 0 Å².